The van der Waals surface area contributed by atoms with E-state index in [0.717, 1.165) is 23.5 Å². The van der Waals surface area contributed by atoms with E-state index in [4.69, 9.17) is 0 Å². The molecule has 1 nitrogen and oxygen atoms in total. The molecule has 0 N–H and O–H groups in total. The van der Waals surface area contributed by atoms with Crippen molar-refractivity contribution in [1.29, 1.82) is 0 Å². The zero-order chi connectivity index (χ0) is 12.0. The molecular formula is C14H29NS. The van der Waals surface area contributed by atoms with Crippen LogP contribution in [0.3, 0.4) is 0 Å². The highest BCUT2D eigenvalue weighted by Gasteiger charge is 2.21. The number of thiol groups is 1. The molecule has 1 heterocycles. The van der Waals surface area contributed by atoms with Gasteiger partial charge in [-0.05, 0) is 49.4 Å². The van der Waals surface area contributed by atoms with E-state index in [1.807, 2.05) is 0 Å². The summed E-state index contributed by atoms with van der Waals surface area (Å²) in [7, 11) is 0. The normalized spacial score (nSPS) is 21.6. The van der Waals surface area contributed by atoms with Gasteiger partial charge in [0, 0.05) is 6.54 Å². The van der Waals surface area contributed by atoms with E-state index in [-0.39, 0.29) is 0 Å². The van der Waals surface area contributed by atoms with E-state index in [9.17, 15) is 0 Å². The number of nitrogens with zero attached hydrogens (tertiary/aromatic N) is 1. The summed E-state index contributed by atoms with van der Waals surface area (Å²) in [5.74, 6) is 3.58. The SMILES string of the molecule is CCCC1CCN(CC(CS)C(C)C)CC1. The molecule has 1 rings (SSSR count). The van der Waals surface area contributed by atoms with Crippen LogP contribution in [0.25, 0.3) is 0 Å². The van der Waals surface area contributed by atoms with Crippen molar-refractivity contribution in [3.8, 4) is 0 Å². The maximum Gasteiger partial charge on any atom is 0.00199 e. The van der Waals surface area contributed by atoms with Gasteiger partial charge in [-0.25, -0.2) is 0 Å². The molecule has 1 fully saturated rings. The Morgan fingerprint density at radius 3 is 2.31 bits per heavy atom. The summed E-state index contributed by atoms with van der Waals surface area (Å²) in [5.41, 5.74) is 0. The number of rotatable bonds is 6. The van der Waals surface area contributed by atoms with E-state index in [1.165, 1.54) is 45.3 Å². The van der Waals surface area contributed by atoms with E-state index in [0.29, 0.717) is 0 Å². The van der Waals surface area contributed by atoms with Crippen LogP contribution in [-0.4, -0.2) is 30.3 Å². The largest absolute Gasteiger partial charge is 0.303 e. The molecule has 1 aliphatic heterocycles. The van der Waals surface area contributed by atoms with Gasteiger partial charge < -0.3 is 4.90 Å². The lowest BCUT2D eigenvalue weighted by Crippen LogP contribution is -2.38. The summed E-state index contributed by atoms with van der Waals surface area (Å²) in [5, 5.41) is 0. The van der Waals surface area contributed by atoms with Gasteiger partial charge >= 0.3 is 0 Å². The zero-order valence-electron chi connectivity index (χ0n) is 11.3. The highest BCUT2D eigenvalue weighted by molar-refractivity contribution is 7.80. The second-order valence-electron chi connectivity index (χ2n) is 5.72. The Kier molecular flexibility index (Phi) is 6.83. The molecular weight excluding hydrogens is 214 g/mol. The van der Waals surface area contributed by atoms with Crippen molar-refractivity contribution in [2.75, 3.05) is 25.4 Å². The first-order valence-corrected chi connectivity index (χ1v) is 7.63. The van der Waals surface area contributed by atoms with Crippen molar-refractivity contribution in [3.05, 3.63) is 0 Å². The number of piperidine rings is 1. The van der Waals surface area contributed by atoms with Crippen molar-refractivity contribution >= 4 is 12.6 Å². The smallest absolute Gasteiger partial charge is 0.00199 e. The van der Waals surface area contributed by atoms with Crippen LogP contribution in [0.15, 0.2) is 0 Å². The first kappa shape index (κ1) is 14.4. The van der Waals surface area contributed by atoms with Crippen LogP contribution in [0.1, 0.15) is 46.5 Å². The van der Waals surface area contributed by atoms with E-state index in [1.54, 1.807) is 0 Å². The van der Waals surface area contributed by atoms with Crippen LogP contribution in [-0.2, 0) is 0 Å². The number of hydrogen-bond acceptors (Lipinski definition) is 2. The Bertz CT molecular complexity index is 174. The molecule has 0 aliphatic carbocycles. The molecule has 1 unspecified atom stereocenters. The molecule has 96 valence electrons. The zero-order valence-corrected chi connectivity index (χ0v) is 12.2. The minimum Gasteiger partial charge on any atom is -0.303 e. The average Bonchev–Trinajstić information content (AvgIpc) is 2.28. The Morgan fingerprint density at radius 2 is 1.88 bits per heavy atom. The van der Waals surface area contributed by atoms with Gasteiger partial charge in [-0.15, -0.1) is 0 Å². The van der Waals surface area contributed by atoms with E-state index in [2.05, 4.69) is 38.3 Å². The highest BCUT2D eigenvalue weighted by Crippen LogP contribution is 2.23. The Morgan fingerprint density at radius 1 is 1.25 bits per heavy atom. The predicted molar refractivity (Wildman–Crippen MR) is 76.3 cm³/mol. The van der Waals surface area contributed by atoms with Gasteiger partial charge in [-0.2, -0.15) is 12.6 Å². The molecule has 0 spiro atoms. The molecule has 1 aliphatic rings. The lowest BCUT2D eigenvalue weighted by molar-refractivity contribution is 0.148. The van der Waals surface area contributed by atoms with Crippen molar-refractivity contribution in [1.82, 2.24) is 4.90 Å². The van der Waals surface area contributed by atoms with Crippen molar-refractivity contribution in [2.45, 2.75) is 46.5 Å². The highest BCUT2D eigenvalue weighted by atomic mass is 32.1. The van der Waals surface area contributed by atoms with Crippen LogP contribution in [0.5, 0.6) is 0 Å². The van der Waals surface area contributed by atoms with Gasteiger partial charge in [-0.1, -0.05) is 33.6 Å². The molecule has 0 saturated carbocycles. The number of hydrogen-bond donors (Lipinski definition) is 1. The summed E-state index contributed by atoms with van der Waals surface area (Å²) in [6.45, 7) is 10.9. The molecule has 0 amide bonds. The van der Waals surface area contributed by atoms with Gasteiger partial charge in [0.15, 0.2) is 0 Å². The fraction of sp³-hybridized carbons (Fsp3) is 1.00. The molecule has 1 atom stereocenters. The summed E-state index contributed by atoms with van der Waals surface area (Å²) in [6, 6.07) is 0. The minimum atomic E-state index is 0.769. The first-order valence-electron chi connectivity index (χ1n) is 7.00. The molecule has 0 aromatic rings. The maximum atomic E-state index is 4.48. The van der Waals surface area contributed by atoms with E-state index < -0.39 is 0 Å². The maximum absolute atomic E-state index is 4.48. The predicted octanol–water partition coefficient (Wildman–Crippen LogP) is 3.70. The quantitative estimate of drug-likeness (QED) is 0.696. The third-order valence-corrected chi connectivity index (χ3v) is 4.54. The van der Waals surface area contributed by atoms with Gasteiger partial charge in [0.05, 0.1) is 0 Å². The standard InChI is InChI=1S/C14H29NS/c1-4-5-13-6-8-15(9-7-13)10-14(11-16)12(2)3/h12-14,16H,4-11H2,1-3H3. The van der Waals surface area contributed by atoms with Crippen LogP contribution in [0.2, 0.25) is 0 Å². The van der Waals surface area contributed by atoms with Gasteiger partial charge in [0.2, 0.25) is 0 Å². The molecule has 16 heavy (non-hydrogen) atoms. The van der Waals surface area contributed by atoms with Crippen LogP contribution in [0.4, 0.5) is 0 Å². The lowest BCUT2D eigenvalue weighted by atomic mass is 9.91. The van der Waals surface area contributed by atoms with Gasteiger partial charge in [0.1, 0.15) is 0 Å². The summed E-state index contributed by atoms with van der Waals surface area (Å²) in [6.07, 6.45) is 5.64. The second-order valence-corrected chi connectivity index (χ2v) is 6.08. The van der Waals surface area contributed by atoms with Gasteiger partial charge in [0.25, 0.3) is 0 Å². The topological polar surface area (TPSA) is 3.24 Å². The molecule has 0 bridgehead atoms. The van der Waals surface area contributed by atoms with Crippen molar-refractivity contribution in [3.63, 3.8) is 0 Å². The average molecular weight is 243 g/mol. The first-order chi connectivity index (χ1) is 7.67. The summed E-state index contributed by atoms with van der Waals surface area (Å²) >= 11 is 4.48. The van der Waals surface area contributed by atoms with Crippen molar-refractivity contribution in [2.24, 2.45) is 17.8 Å². The lowest BCUT2D eigenvalue weighted by Gasteiger charge is -2.35. The van der Waals surface area contributed by atoms with Crippen LogP contribution >= 0.6 is 12.6 Å². The Labute approximate surface area is 107 Å². The third-order valence-electron chi connectivity index (χ3n) is 4.07. The number of likely N-dealkylation sites (tertiary alicyclic amines) is 1. The summed E-state index contributed by atoms with van der Waals surface area (Å²) < 4.78 is 0. The molecule has 0 aromatic carbocycles. The van der Waals surface area contributed by atoms with Gasteiger partial charge in [-0.3, -0.25) is 0 Å². The minimum absolute atomic E-state index is 0.769. The molecule has 0 radical (unpaired) electrons. The monoisotopic (exact) mass is 243 g/mol. The fourth-order valence-electron chi connectivity index (χ4n) is 2.68. The Balaban J connectivity index is 2.25. The molecule has 1 saturated heterocycles. The second kappa shape index (κ2) is 7.60. The van der Waals surface area contributed by atoms with Crippen molar-refractivity contribution < 1.29 is 0 Å². The molecule has 2 heteroatoms. The Hall–Kier alpha value is 0.310. The van der Waals surface area contributed by atoms with Crippen LogP contribution < -0.4 is 0 Å². The van der Waals surface area contributed by atoms with E-state index >= 15 is 0 Å². The third kappa shape index (κ3) is 4.67. The molecule has 0 aromatic heterocycles. The van der Waals surface area contributed by atoms with Crippen LogP contribution in [0, 0.1) is 17.8 Å². The fourth-order valence-corrected chi connectivity index (χ4v) is 3.21. The summed E-state index contributed by atoms with van der Waals surface area (Å²) in [4.78, 5) is 2.66.